The average molecular weight is 228 g/mol. The first-order valence-corrected chi connectivity index (χ1v) is 6.97. The summed E-state index contributed by atoms with van der Waals surface area (Å²) in [7, 11) is 3.66. The molecule has 0 unspecified atom stereocenters. The van der Waals surface area contributed by atoms with Crippen molar-refractivity contribution in [3.63, 3.8) is 0 Å². The van der Waals surface area contributed by atoms with Crippen molar-refractivity contribution in [2.24, 2.45) is 0 Å². The van der Waals surface area contributed by atoms with Crippen molar-refractivity contribution in [3.05, 3.63) is 29.8 Å². The number of aliphatic hydroxyl groups excluding tert-OH is 1. The molecule has 0 bridgehead atoms. The van der Waals surface area contributed by atoms with Crippen molar-refractivity contribution in [1.82, 2.24) is 0 Å². The van der Waals surface area contributed by atoms with Gasteiger partial charge in [-0.3, -0.25) is 0 Å². The van der Waals surface area contributed by atoms with Gasteiger partial charge in [0, 0.05) is 16.8 Å². The third kappa shape index (κ3) is 3.95. The Labute approximate surface area is 93.7 Å². The second-order valence-corrected chi connectivity index (χ2v) is 6.13. The second-order valence-electron chi connectivity index (χ2n) is 3.31. The number of rotatable bonds is 5. The molecule has 0 heterocycles. The molecule has 0 spiro atoms. The van der Waals surface area contributed by atoms with Crippen molar-refractivity contribution in [2.75, 3.05) is 6.61 Å². The van der Waals surface area contributed by atoms with E-state index in [0.29, 0.717) is 5.25 Å². The molecular formula is C11H16OS2. The molecule has 0 atom stereocenters. The van der Waals surface area contributed by atoms with Crippen LogP contribution in [0.4, 0.5) is 0 Å². The Kier molecular flexibility index (Phi) is 5.45. The van der Waals surface area contributed by atoms with Crippen LogP contribution in [0.15, 0.2) is 29.2 Å². The van der Waals surface area contributed by atoms with Gasteiger partial charge in [-0.15, -0.1) is 0 Å². The predicted molar refractivity (Wildman–Crippen MR) is 65.8 cm³/mol. The van der Waals surface area contributed by atoms with Crippen molar-refractivity contribution >= 4 is 21.6 Å². The molecule has 0 saturated carbocycles. The van der Waals surface area contributed by atoms with E-state index in [-0.39, 0.29) is 6.61 Å². The highest BCUT2D eigenvalue weighted by Crippen LogP contribution is 2.36. The van der Waals surface area contributed by atoms with E-state index in [1.807, 2.05) is 22.9 Å². The maximum Gasteiger partial charge on any atom is 0.0471 e. The second kappa shape index (κ2) is 6.38. The lowest BCUT2D eigenvalue weighted by molar-refractivity contribution is 0.299. The highest BCUT2D eigenvalue weighted by atomic mass is 33.1. The molecule has 0 aliphatic carbocycles. The van der Waals surface area contributed by atoms with E-state index in [9.17, 15) is 0 Å². The fourth-order valence-corrected chi connectivity index (χ4v) is 3.14. The summed E-state index contributed by atoms with van der Waals surface area (Å²) >= 11 is 0. The van der Waals surface area contributed by atoms with Crippen molar-refractivity contribution < 1.29 is 5.11 Å². The average Bonchev–Trinajstić information content (AvgIpc) is 2.17. The van der Waals surface area contributed by atoms with Gasteiger partial charge in [0.15, 0.2) is 0 Å². The van der Waals surface area contributed by atoms with Crippen LogP contribution >= 0.6 is 21.6 Å². The third-order valence-corrected chi connectivity index (χ3v) is 4.73. The van der Waals surface area contributed by atoms with E-state index in [1.165, 1.54) is 10.5 Å². The van der Waals surface area contributed by atoms with Crippen LogP contribution in [-0.4, -0.2) is 17.0 Å². The molecule has 1 rings (SSSR count). The Morgan fingerprint density at radius 2 is 2.00 bits per heavy atom. The fraction of sp³-hybridized carbons (Fsp3) is 0.455. The lowest BCUT2D eigenvalue weighted by Crippen LogP contribution is -1.92. The summed E-state index contributed by atoms with van der Waals surface area (Å²) in [6.45, 7) is 4.60. The van der Waals surface area contributed by atoms with E-state index < -0.39 is 0 Å². The van der Waals surface area contributed by atoms with Crippen LogP contribution in [0.1, 0.15) is 19.4 Å². The van der Waals surface area contributed by atoms with Gasteiger partial charge in [-0.25, -0.2) is 0 Å². The zero-order chi connectivity index (χ0) is 10.4. The number of hydrogen-bond donors (Lipinski definition) is 1. The van der Waals surface area contributed by atoms with Gasteiger partial charge < -0.3 is 5.11 Å². The van der Waals surface area contributed by atoms with Crippen molar-refractivity contribution in [2.45, 2.75) is 30.4 Å². The fourth-order valence-electron chi connectivity index (χ4n) is 1.06. The molecule has 3 heteroatoms. The molecule has 0 radical (unpaired) electrons. The summed E-state index contributed by atoms with van der Waals surface area (Å²) in [6.07, 6.45) is 0.752. The van der Waals surface area contributed by atoms with Gasteiger partial charge in [0.25, 0.3) is 0 Å². The quantitative estimate of drug-likeness (QED) is 0.780. The number of hydrogen-bond acceptors (Lipinski definition) is 3. The summed E-state index contributed by atoms with van der Waals surface area (Å²) in [4.78, 5) is 1.28. The van der Waals surface area contributed by atoms with Crippen LogP contribution in [0.3, 0.4) is 0 Å². The molecule has 0 aliphatic heterocycles. The number of aliphatic hydroxyl groups is 1. The highest BCUT2D eigenvalue weighted by molar-refractivity contribution is 8.76. The van der Waals surface area contributed by atoms with E-state index in [2.05, 4.69) is 26.0 Å². The van der Waals surface area contributed by atoms with E-state index in [4.69, 9.17) is 5.11 Å². The van der Waals surface area contributed by atoms with Gasteiger partial charge in [-0.1, -0.05) is 53.6 Å². The van der Waals surface area contributed by atoms with Crippen LogP contribution in [0.25, 0.3) is 0 Å². The third-order valence-electron chi connectivity index (χ3n) is 1.68. The van der Waals surface area contributed by atoms with Crippen LogP contribution in [0, 0.1) is 0 Å². The molecule has 0 amide bonds. The molecule has 14 heavy (non-hydrogen) atoms. The maximum atomic E-state index is 8.91. The zero-order valence-corrected chi connectivity index (χ0v) is 10.2. The van der Waals surface area contributed by atoms with Crippen LogP contribution in [0.2, 0.25) is 0 Å². The zero-order valence-electron chi connectivity index (χ0n) is 8.56. The van der Waals surface area contributed by atoms with Gasteiger partial charge in [-0.05, 0) is 18.1 Å². The molecule has 0 fully saturated rings. The van der Waals surface area contributed by atoms with Crippen LogP contribution in [0.5, 0.6) is 0 Å². The van der Waals surface area contributed by atoms with E-state index in [0.717, 1.165) is 6.42 Å². The van der Waals surface area contributed by atoms with Gasteiger partial charge in [-0.2, -0.15) is 0 Å². The van der Waals surface area contributed by atoms with Gasteiger partial charge >= 0.3 is 0 Å². The van der Waals surface area contributed by atoms with Gasteiger partial charge in [0.2, 0.25) is 0 Å². The predicted octanol–water partition coefficient (Wildman–Crippen LogP) is 3.37. The number of benzene rings is 1. The Morgan fingerprint density at radius 1 is 1.29 bits per heavy atom. The smallest absolute Gasteiger partial charge is 0.0471 e. The Bertz CT molecular complexity index is 274. The molecule has 1 nitrogen and oxygen atoms in total. The molecular weight excluding hydrogens is 212 g/mol. The summed E-state index contributed by atoms with van der Waals surface area (Å²) in [6, 6.07) is 8.27. The standard InChI is InChI=1S/C11H16OS2/c1-9(2)13-14-11-6-4-3-5-10(11)7-8-12/h3-6,9,12H,7-8H2,1-2H3. The Balaban J connectivity index is 2.64. The van der Waals surface area contributed by atoms with Gasteiger partial charge in [0.1, 0.15) is 0 Å². The van der Waals surface area contributed by atoms with Crippen molar-refractivity contribution in [1.29, 1.82) is 0 Å². The monoisotopic (exact) mass is 228 g/mol. The van der Waals surface area contributed by atoms with Gasteiger partial charge in [0.05, 0.1) is 0 Å². The first-order valence-electron chi connectivity index (χ1n) is 4.76. The summed E-state index contributed by atoms with van der Waals surface area (Å²) in [5.74, 6) is 0. The SMILES string of the molecule is CC(C)SSc1ccccc1CCO. The first kappa shape index (κ1) is 12.0. The molecule has 1 aromatic carbocycles. The van der Waals surface area contributed by atoms with Crippen molar-refractivity contribution in [3.8, 4) is 0 Å². The Hall–Kier alpha value is -0.120. The molecule has 78 valence electrons. The minimum atomic E-state index is 0.226. The molecule has 1 aromatic rings. The largest absolute Gasteiger partial charge is 0.396 e. The molecule has 0 aromatic heterocycles. The minimum Gasteiger partial charge on any atom is -0.396 e. The lowest BCUT2D eigenvalue weighted by Gasteiger charge is -2.08. The summed E-state index contributed by atoms with van der Waals surface area (Å²) in [5.41, 5.74) is 1.24. The Morgan fingerprint density at radius 3 is 2.64 bits per heavy atom. The molecule has 0 saturated heterocycles. The topological polar surface area (TPSA) is 20.2 Å². The highest BCUT2D eigenvalue weighted by Gasteiger charge is 2.03. The lowest BCUT2D eigenvalue weighted by atomic mass is 10.2. The summed E-state index contributed by atoms with van der Waals surface area (Å²) in [5, 5.41) is 9.53. The minimum absolute atomic E-state index is 0.226. The molecule has 0 aliphatic rings. The van der Waals surface area contributed by atoms with Crippen LogP contribution < -0.4 is 0 Å². The van der Waals surface area contributed by atoms with E-state index >= 15 is 0 Å². The summed E-state index contributed by atoms with van der Waals surface area (Å²) < 4.78 is 0. The maximum absolute atomic E-state index is 8.91. The van der Waals surface area contributed by atoms with E-state index in [1.54, 1.807) is 10.8 Å². The molecule has 1 N–H and O–H groups in total. The first-order chi connectivity index (χ1) is 6.74. The normalized spacial score (nSPS) is 10.9. The van der Waals surface area contributed by atoms with Crippen LogP contribution in [-0.2, 0) is 6.42 Å².